The van der Waals surface area contributed by atoms with Gasteiger partial charge in [0.15, 0.2) is 0 Å². The van der Waals surface area contributed by atoms with Gasteiger partial charge in [-0.05, 0) is 81.5 Å². The standard InChI is InChI=1S/C23H36N2S/c1-6-7-8-11-20-13-14-22(21-12-9-10-16(2)15-21)17(3)23(20)26-25-19(5)18(4)24/h13-15,18,21,25H,5-12,24H2,1-4H3. The van der Waals surface area contributed by atoms with Crippen LogP contribution in [0.3, 0.4) is 0 Å². The number of hydrogen-bond donors (Lipinski definition) is 2. The molecular weight excluding hydrogens is 336 g/mol. The van der Waals surface area contributed by atoms with Crippen LogP contribution in [0.5, 0.6) is 0 Å². The number of hydrogen-bond acceptors (Lipinski definition) is 3. The highest BCUT2D eigenvalue weighted by molar-refractivity contribution is 7.97. The van der Waals surface area contributed by atoms with E-state index in [2.05, 4.69) is 50.3 Å². The van der Waals surface area contributed by atoms with Gasteiger partial charge in [0.25, 0.3) is 0 Å². The Labute approximate surface area is 164 Å². The minimum atomic E-state index is -0.0431. The molecule has 0 aliphatic heterocycles. The molecule has 1 aliphatic rings. The van der Waals surface area contributed by atoms with Crippen molar-refractivity contribution < 1.29 is 0 Å². The maximum absolute atomic E-state index is 5.95. The Morgan fingerprint density at radius 2 is 2.12 bits per heavy atom. The number of benzene rings is 1. The third kappa shape index (κ3) is 5.65. The molecule has 2 nitrogen and oxygen atoms in total. The van der Waals surface area contributed by atoms with Gasteiger partial charge in [-0.25, -0.2) is 0 Å². The lowest BCUT2D eigenvalue weighted by molar-refractivity contribution is 0.628. The van der Waals surface area contributed by atoms with Gasteiger partial charge < -0.3 is 10.5 Å². The van der Waals surface area contributed by atoms with Crippen LogP contribution in [-0.4, -0.2) is 6.04 Å². The van der Waals surface area contributed by atoms with Crippen LogP contribution < -0.4 is 10.5 Å². The minimum Gasteiger partial charge on any atom is -0.328 e. The van der Waals surface area contributed by atoms with Crippen LogP contribution in [0.1, 0.15) is 81.9 Å². The Morgan fingerprint density at radius 1 is 1.35 bits per heavy atom. The van der Waals surface area contributed by atoms with Crippen molar-refractivity contribution in [2.75, 3.05) is 0 Å². The first-order valence-electron chi connectivity index (χ1n) is 10.1. The predicted molar refractivity (Wildman–Crippen MR) is 117 cm³/mol. The molecule has 26 heavy (non-hydrogen) atoms. The van der Waals surface area contributed by atoms with Gasteiger partial charge in [0, 0.05) is 22.6 Å². The van der Waals surface area contributed by atoms with E-state index in [-0.39, 0.29) is 6.04 Å². The number of aryl methyl sites for hydroxylation is 1. The zero-order valence-corrected chi connectivity index (χ0v) is 17.8. The number of rotatable bonds is 9. The summed E-state index contributed by atoms with van der Waals surface area (Å²) in [5.74, 6) is 0.560. The van der Waals surface area contributed by atoms with Gasteiger partial charge in [-0.2, -0.15) is 0 Å². The van der Waals surface area contributed by atoms with Crippen LogP contribution in [0.15, 0.2) is 41.0 Å². The second kappa shape index (κ2) is 10.2. The summed E-state index contributed by atoms with van der Waals surface area (Å²) in [6.45, 7) is 12.8. The number of nitrogens with one attached hydrogen (secondary N) is 1. The summed E-state index contributed by atoms with van der Waals surface area (Å²) in [5.41, 5.74) is 12.7. The molecule has 0 aromatic heterocycles. The van der Waals surface area contributed by atoms with Crippen LogP contribution in [0, 0.1) is 6.92 Å². The lowest BCUT2D eigenvalue weighted by Crippen LogP contribution is -2.24. The molecule has 2 rings (SSSR count). The van der Waals surface area contributed by atoms with Gasteiger partial charge in [-0.1, -0.05) is 50.1 Å². The monoisotopic (exact) mass is 372 g/mol. The second-order valence-corrected chi connectivity index (χ2v) is 8.57. The third-order valence-electron chi connectivity index (χ3n) is 5.38. The van der Waals surface area contributed by atoms with E-state index < -0.39 is 0 Å². The van der Waals surface area contributed by atoms with Crippen molar-refractivity contribution in [1.82, 2.24) is 4.72 Å². The lowest BCUT2D eigenvalue weighted by Gasteiger charge is -2.24. The first-order valence-corrected chi connectivity index (χ1v) is 10.9. The topological polar surface area (TPSA) is 38.0 Å². The minimum absolute atomic E-state index is 0.0431. The third-order valence-corrected chi connectivity index (χ3v) is 6.52. The molecule has 144 valence electrons. The van der Waals surface area contributed by atoms with E-state index in [0.717, 1.165) is 12.1 Å². The highest BCUT2D eigenvalue weighted by Gasteiger charge is 2.19. The smallest absolute Gasteiger partial charge is 0.0418 e. The molecule has 0 bridgehead atoms. The molecular formula is C23H36N2S. The van der Waals surface area contributed by atoms with Gasteiger partial charge in [0.1, 0.15) is 0 Å². The summed E-state index contributed by atoms with van der Waals surface area (Å²) in [7, 11) is 0. The molecule has 0 saturated carbocycles. The van der Waals surface area contributed by atoms with Crippen molar-refractivity contribution in [2.24, 2.45) is 5.73 Å². The van der Waals surface area contributed by atoms with E-state index in [4.69, 9.17) is 5.73 Å². The lowest BCUT2D eigenvalue weighted by atomic mass is 9.83. The molecule has 0 radical (unpaired) electrons. The molecule has 3 heteroatoms. The van der Waals surface area contributed by atoms with Crippen LogP contribution >= 0.6 is 11.9 Å². The zero-order chi connectivity index (χ0) is 19.1. The summed E-state index contributed by atoms with van der Waals surface area (Å²) < 4.78 is 3.39. The zero-order valence-electron chi connectivity index (χ0n) is 17.0. The van der Waals surface area contributed by atoms with Gasteiger partial charge >= 0.3 is 0 Å². The first-order chi connectivity index (χ1) is 12.4. The molecule has 3 N–H and O–H groups in total. The van der Waals surface area contributed by atoms with E-state index in [9.17, 15) is 0 Å². The molecule has 2 atom stereocenters. The number of unbranched alkanes of at least 4 members (excludes halogenated alkanes) is 2. The van der Waals surface area contributed by atoms with Gasteiger partial charge in [-0.15, -0.1) is 0 Å². The molecule has 0 fully saturated rings. The Bertz CT molecular complexity index is 646. The van der Waals surface area contributed by atoms with Crippen LogP contribution in [0.2, 0.25) is 0 Å². The Morgan fingerprint density at radius 3 is 2.77 bits per heavy atom. The largest absolute Gasteiger partial charge is 0.328 e. The fourth-order valence-corrected chi connectivity index (χ4v) is 4.63. The molecule has 1 aromatic carbocycles. The van der Waals surface area contributed by atoms with Crippen LogP contribution in [0.25, 0.3) is 0 Å². The Balaban J connectivity index is 2.29. The normalized spacial score (nSPS) is 18.3. The van der Waals surface area contributed by atoms with Crippen LogP contribution in [-0.2, 0) is 6.42 Å². The van der Waals surface area contributed by atoms with E-state index in [1.165, 1.54) is 65.7 Å². The summed E-state index contributed by atoms with van der Waals surface area (Å²) in [6, 6.07) is 4.69. The highest BCUT2D eigenvalue weighted by atomic mass is 32.2. The molecule has 0 spiro atoms. The SMILES string of the molecule is C=C(NSc1c(CCCCC)ccc(C2C=C(C)CCC2)c1C)C(C)N. The average Bonchev–Trinajstić information content (AvgIpc) is 2.61. The quantitative estimate of drug-likeness (QED) is 0.299. The second-order valence-electron chi connectivity index (χ2n) is 7.75. The van der Waals surface area contributed by atoms with Gasteiger partial charge in [0.2, 0.25) is 0 Å². The summed E-state index contributed by atoms with van der Waals surface area (Å²) >= 11 is 1.70. The predicted octanol–water partition coefficient (Wildman–Crippen LogP) is 6.40. The number of nitrogens with two attached hydrogens (primary N) is 1. The maximum atomic E-state index is 5.95. The first kappa shape index (κ1) is 21.1. The Hall–Kier alpha value is -1.19. The van der Waals surface area contributed by atoms with Crippen LogP contribution in [0.4, 0.5) is 0 Å². The molecule has 1 aromatic rings. The Kier molecular flexibility index (Phi) is 8.30. The van der Waals surface area contributed by atoms with Crippen molar-refractivity contribution in [2.45, 2.75) is 89.5 Å². The number of allylic oxidation sites excluding steroid dienone is 2. The highest BCUT2D eigenvalue weighted by Crippen LogP contribution is 2.37. The van der Waals surface area contributed by atoms with E-state index >= 15 is 0 Å². The van der Waals surface area contributed by atoms with E-state index in [0.29, 0.717) is 5.92 Å². The van der Waals surface area contributed by atoms with Gasteiger partial charge in [0.05, 0.1) is 0 Å². The summed E-state index contributed by atoms with van der Waals surface area (Å²) in [6.07, 6.45) is 11.2. The van der Waals surface area contributed by atoms with Crippen molar-refractivity contribution >= 4 is 11.9 Å². The van der Waals surface area contributed by atoms with Crippen molar-refractivity contribution in [3.8, 4) is 0 Å². The average molecular weight is 373 g/mol. The molecule has 2 unspecified atom stereocenters. The fraction of sp³-hybridized carbons (Fsp3) is 0.565. The van der Waals surface area contributed by atoms with E-state index in [1.54, 1.807) is 11.9 Å². The van der Waals surface area contributed by atoms with Crippen molar-refractivity contribution in [3.05, 3.63) is 52.7 Å². The van der Waals surface area contributed by atoms with Crippen molar-refractivity contribution in [1.29, 1.82) is 0 Å². The summed E-state index contributed by atoms with van der Waals surface area (Å²) in [5, 5.41) is 0. The van der Waals surface area contributed by atoms with Gasteiger partial charge in [-0.3, -0.25) is 0 Å². The molecule has 1 aliphatic carbocycles. The molecule has 0 heterocycles. The molecule has 0 amide bonds. The summed E-state index contributed by atoms with van der Waals surface area (Å²) in [4.78, 5) is 1.37. The van der Waals surface area contributed by atoms with E-state index in [1.807, 2.05) is 6.92 Å². The molecule has 0 saturated heterocycles. The van der Waals surface area contributed by atoms with Crippen molar-refractivity contribution in [3.63, 3.8) is 0 Å². The fourth-order valence-electron chi connectivity index (χ4n) is 3.63. The maximum Gasteiger partial charge on any atom is 0.0418 e.